The van der Waals surface area contributed by atoms with Gasteiger partial charge in [0, 0.05) is 16.3 Å². The highest BCUT2D eigenvalue weighted by Crippen LogP contribution is 2.51. The molecule has 0 unspecified atom stereocenters. The van der Waals surface area contributed by atoms with Gasteiger partial charge in [-0.1, -0.05) is 93.1 Å². The zero-order valence-electron chi connectivity index (χ0n) is 24.5. The van der Waals surface area contributed by atoms with Gasteiger partial charge < -0.3 is 4.90 Å². The second-order valence-electron chi connectivity index (χ2n) is 14.5. The molecule has 6 heteroatoms. The predicted molar refractivity (Wildman–Crippen MR) is 159 cm³/mol. The van der Waals surface area contributed by atoms with E-state index in [1.807, 2.05) is 11.8 Å². The van der Waals surface area contributed by atoms with Crippen LogP contribution in [0.25, 0.3) is 0 Å². The molecule has 2 aromatic carbocycles. The van der Waals surface area contributed by atoms with Gasteiger partial charge in [-0.3, -0.25) is 4.55 Å². The first-order chi connectivity index (χ1) is 16.7. The monoisotopic (exact) mass is 545 g/mol. The predicted octanol–water partition coefficient (Wildman–Crippen LogP) is 8.99. The van der Waals surface area contributed by atoms with Gasteiger partial charge in [0.15, 0.2) is 0 Å². The quantitative estimate of drug-likeness (QED) is 0.335. The molecular weight excluding hydrogens is 498 g/mol. The number of hydrogen-bond donors (Lipinski definition) is 1. The Hall–Kier alpha value is -1.50. The second-order valence-corrected chi connectivity index (χ2v) is 17.2. The Bertz CT molecular complexity index is 1150. The molecule has 0 spiro atoms. The molecule has 0 amide bonds. The lowest BCUT2D eigenvalue weighted by Crippen LogP contribution is -2.27. The van der Waals surface area contributed by atoms with Crippen molar-refractivity contribution in [1.29, 1.82) is 0 Å². The fourth-order valence-electron chi connectivity index (χ4n) is 6.23. The van der Waals surface area contributed by atoms with Gasteiger partial charge in [0.25, 0.3) is 10.1 Å². The summed E-state index contributed by atoms with van der Waals surface area (Å²) in [5.41, 5.74) is 5.33. The molecule has 3 rings (SSSR count). The van der Waals surface area contributed by atoms with E-state index in [9.17, 15) is 13.0 Å². The van der Waals surface area contributed by atoms with Crippen LogP contribution in [0.4, 0.5) is 11.4 Å². The van der Waals surface area contributed by atoms with Crippen molar-refractivity contribution in [2.45, 2.75) is 109 Å². The van der Waals surface area contributed by atoms with Crippen LogP contribution < -0.4 is 4.90 Å². The van der Waals surface area contributed by atoms with Crippen LogP contribution in [0.5, 0.6) is 0 Å². The first-order valence-electron chi connectivity index (χ1n) is 13.4. The molecular formula is C31H47NO3S2. The van der Waals surface area contributed by atoms with Crippen LogP contribution in [0.1, 0.15) is 99.6 Å². The van der Waals surface area contributed by atoms with E-state index in [2.05, 4.69) is 111 Å². The van der Waals surface area contributed by atoms with E-state index in [0.717, 1.165) is 24.2 Å². The molecule has 0 radical (unpaired) electrons. The number of anilines is 2. The van der Waals surface area contributed by atoms with Gasteiger partial charge >= 0.3 is 0 Å². The van der Waals surface area contributed by atoms with Crippen molar-refractivity contribution in [3.63, 3.8) is 0 Å². The highest BCUT2D eigenvalue weighted by Gasteiger charge is 2.32. The first kappa shape index (κ1) is 30.0. The van der Waals surface area contributed by atoms with Crippen LogP contribution in [0, 0.1) is 10.8 Å². The van der Waals surface area contributed by atoms with Crippen molar-refractivity contribution in [2.75, 3.05) is 17.2 Å². The standard InChI is InChI=1S/C31H47NO3S2/c1-28(2,3)20-30(7,8)22-12-14-24-26(18-22)36-27-19-23(31(9,10)21-29(4,5)6)13-15-25(27)32(24)16-11-17-37(33,34)35/h12-15,18-19H,11,16-17,20-21H2,1-10H3,(H,33,34,35). The van der Waals surface area contributed by atoms with Crippen molar-refractivity contribution in [3.05, 3.63) is 47.5 Å². The van der Waals surface area contributed by atoms with E-state index in [1.165, 1.54) is 20.9 Å². The lowest BCUT2D eigenvalue weighted by Gasteiger charge is -2.37. The number of nitrogens with zero attached hydrogens (tertiary/aromatic N) is 1. The molecule has 2 aromatic rings. The smallest absolute Gasteiger partial charge is 0.264 e. The number of fused-ring (bicyclic) bond motifs is 2. The summed E-state index contributed by atoms with van der Waals surface area (Å²) in [6.07, 6.45) is 2.50. The van der Waals surface area contributed by atoms with E-state index in [-0.39, 0.29) is 27.4 Å². The summed E-state index contributed by atoms with van der Waals surface area (Å²) in [6.45, 7) is 23.5. The summed E-state index contributed by atoms with van der Waals surface area (Å²) in [6, 6.07) is 13.5. The molecule has 0 bridgehead atoms. The molecule has 0 atom stereocenters. The molecule has 1 N–H and O–H groups in total. The third kappa shape index (κ3) is 8.00. The second kappa shape index (κ2) is 10.2. The Labute approximate surface area is 230 Å². The van der Waals surface area contributed by atoms with Crippen LogP contribution in [0.15, 0.2) is 46.2 Å². The van der Waals surface area contributed by atoms with E-state index >= 15 is 0 Å². The topological polar surface area (TPSA) is 57.6 Å². The van der Waals surface area contributed by atoms with Crippen LogP contribution in [-0.2, 0) is 20.9 Å². The largest absolute Gasteiger partial charge is 0.340 e. The molecule has 1 heterocycles. The lowest BCUT2D eigenvalue weighted by molar-refractivity contribution is 0.283. The first-order valence-corrected chi connectivity index (χ1v) is 15.8. The van der Waals surface area contributed by atoms with E-state index < -0.39 is 10.1 Å². The Morgan fingerprint density at radius 3 is 1.49 bits per heavy atom. The van der Waals surface area contributed by atoms with Crippen molar-refractivity contribution in [3.8, 4) is 0 Å². The van der Waals surface area contributed by atoms with Crippen molar-refractivity contribution in [2.24, 2.45) is 10.8 Å². The number of rotatable bonds is 8. The maximum Gasteiger partial charge on any atom is 0.264 e. The molecule has 37 heavy (non-hydrogen) atoms. The van der Waals surface area contributed by atoms with Gasteiger partial charge in [-0.05, 0) is 76.3 Å². The molecule has 0 fully saturated rings. The Morgan fingerprint density at radius 1 is 0.730 bits per heavy atom. The number of benzene rings is 2. The summed E-state index contributed by atoms with van der Waals surface area (Å²) in [7, 11) is -4.00. The fraction of sp³-hybridized carbons (Fsp3) is 0.613. The van der Waals surface area contributed by atoms with Crippen molar-refractivity contribution < 1.29 is 13.0 Å². The Kier molecular flexibility index (Phi) is 8.31. The SMILES string of the molecule is CC(C)(C)CC(C)(C)c1ccc2c(c1)Sc1cc(C(C)(C)CC(C)(C)C)ccc1N2CCCS(=O)(=O)O. The van der Waals surface area contributed by atoms with Gasteiger partial charge in [0.05, 0.1) is 17.1 Å². The zero-order valence-corrected chi connectivity index (χ0v) is 26.2. The summed E-state index contributed by atoms with van der Waals surface area (Å²) >= 11 is 1.81. The number of hydrogen-bond acceptors (Lipinski definition) is 4. The van der Waals surface area contributed by atoms with Gasteiger partial charge in [-0.15, -0.1) is 0 Å². The normalized spacial score (nSPS) is 14.9. The van der Waals surface area contributed by atoms with E-state index in [4.69, 9.17) is 0 Å². The van der Waals surface area contributed by atoms with E-state index in [1.54, 1.807) is 0 Å². The highest BCUT2D eigenvalue weighted by atomic mass is 32.2. The average molecular weight is 546 g/mol. The third-order valence-electron chi connectivity index (χ3n) is 7.01. The third-order valence-corrected chi connectivity index (χ3v) is 8.91. The Morgan fingerprint density at radius 2 is 1.14 bits per heavy atom. The molecule has 0 saturated carbocycles. The zero-order chi connectivity index (χ0) is 28.0. The van der Waals surface area contributed by atoms with Crippen LogP contribution in [-0.4, -0.2) is 25.3 Å². The maximum atomic E-state index is 11.4. The minimum atomic E-state index is -4.00. The minimum absolute atomic E-state index is 0.0282. The molecule has 0 saturated heterocycles. The summed E-state index contributed by atoms with van der Waals surface area (Å²) in [4.78, 5) is 4.63. The summed E-state index contributed by atoms with van der Waals surface area (Å²) < 4.78 is 32.2. The van der Waals surface area contributed by atoms with Crippen LogP contribution in [0.2, 0.25) is 0 Å². The lowest BCUT2D eigenvalue weighted by atomic mass is 9.72. The molecule has 206 valence electrons. The molecule has 0 aliphatic carbocycles. The maximum absolute atomic E-state index is 11.4. The highest BCUT2D eigenvalue weighted by molar-refractivity contribution is 7.99. The minimum Gasteiger partial charge on any atom is -0.340 e. The molecule has 4 nitrogen and oxygen atoms in total. The van der Waals surface area contributed by atoms with Gasteiger partial charge in [-0.2, -0.15) is 8.42 Å². The van der Waals surface area contributed by atoms with E-state index in [0.29, 0.717) is 13.0 Å². The average Bonchev–Trinajstić information content (AvgIpc) is 2.68. The molecule has 0 aromatic heterocycles. The van der Waals surface area contributed by atoms with Gasteiger partial charge in [0.2, 0.25) is 0 Å². The summed E-state index contributed by atoms with van der Waals surface area (Å²) in [5, 5.41) is 0. The van der Waals surface area contributed by atoms with Crippen LogP contribution >= 0.6 is 11.8 Å². The van der Waals surface area contributed by atoms with Gasteiger partial charge in [-0.25, -0.2) is 0 Å². The summed E-state index contributed by atoms with van der Waals surface area (Å²) in [5.74, 6) is -0.241. The molecule has 1 aliphatic rings. The van der Waals surface area contributed by atoms with Crippen molar-refractivity contribution >= 4 is 33.3 Å². The molecule has 1 aliphatic heterocycles. The van der Waals surface area contributed by atoms with Gasteiger partial charge in [0.1, 0.15) is 0 Å². The Balaban J connectivity index is 2.05. The van der Waals surface area contributed by atoms with Crippen LogP contribution in [0.3, 0.4) is 0 Å². The van der Waals surface area contributed by atoms with Crippen molar-refractivity contribution in [1.82, 2.24) is 0 Å². The fourth-order valence-corrected chi connectivity index (χ4v) is 7.90.